The fourth-order valence-electron chi connectivity index (χ4n) is 0.914. The van der Waals surface area contributed by atoms with Gasteiger partial charge in [-0.3, -0.25) is 0 Å². The number of nitrogens with two attached hydrogens (primary N) is 1. The molecular formula is C9H11BrClNO. The number of rotatable bonds is 2. The van der Waals surface area contributed by atoms with Crippen molar-refractivity contribution in [3.63, 3.8) is 0 Å². The van der Waals surface area contributed by atoms with Gasteiger partial charge in [0.2, 0.25) is 0 Å². The zero-order chi connectivity index (χ0) is 9.14. The fourth-order valence-corrected chi connectivity index (χ4v) is 1.42. The van der Waals surface area contributed by atoms with Gasteiger partial charge < -0.3 is 10.8 Å². The Morgan fingerprint density at radius 3 is 2.69 bits per heavy atom. The van der Waals surface area contributed by atoms with E-state index in [1.165, 1.54) is 0 Å². The van der Waals surface area contributed by atoms with Gasteiger partial charge in [0.1, 0.15) is 5.75 Å². The van der Waals surface area contributed by atoms with Crippen molar-refractivity contribution < 1.29 is 5.11 Å². The average Bonchev–Trinajstić information content (AvgIpc) is 2.08. The van der Waals surface area contributed by atoms with Crippen molar-refractivity contribution in [3.8, 4) is 5.75 Å². The summed E-state index contributed by atoms with van der Waals surface area (Å²) in [6.07, 6.45) is 1.62. The van der Waals surface area contributed by atoms with Crippen LogP contribution in [0.5, 0.6) is 5.75 Å². The quantitative estimate of drug-likeness (QED) is 0.807. The first-order chi connectivity index (χ1) is 5.65. The average molecular weight is 265 g/mol. The highest BCUT2D eigenvalue weighted by Crippen LogP contribution is 2.26. The van der Waals surface area contributed by atoms with Gasteiger partial charge in [-0.15, -0.1) is 19.0 Å². The number of phenols is 1. The molecule has 1 aromatic rings. The first kappa shape index (κ1) is 12.5. The van der Waals surface area contributed by atoms with E-state index in [1.807, 2.05) is 0 Å². The summed E-state index contributed by atoms with van der Waals surface area (Å²) >= 11 is 3.33. The summed E-state index contributed by atoms with van der Waals surface area (Å²) in [6.45, 7) is 3.58. The molecule has 0 aromatic heterocycles. The van der Waals surface area contributed by atoms with E-state index in [0.717, 1.165) is 10.0 Å². The Morgan fingerprint density at radius 1 is 1.54 bits per heavy atom. The van der Waals surface area contributed by atoms with Crippen molar-refractivity contribution in [1.29, 1.82) is 0 Å². The van der Waals surface area contributed by atoms with Crippen LogP contribution in [0.4, 0.5) is 0 Å². The van der Waals surface area contributed by atoms with Gasteiger partial charge in [0, 0.05) is 10.5 Å². The number of hydrogen-bond acceptors (Lipinski definition) is 2. The molecule has 0 unspecified atom stereocenters. The van der Waals surface area contributed by atoms with Crippen molar-refractivity contribution in [2.75, 3.05) is 0 Å². The third kappa shape index (κ3) is 3.03. The number of benzene rings is 1. The third-order valence-electron chi connectivity index (χ3n) is 1.59. The lowest BCUT2D eigenvalue weighted by molar-refractivity contribution is 0.474. The Bertz CT molecular complexity index is 304. The SMILES string of the molecule is C=C[C@H](N)c1cc(O)ccc1Br.Cl. The molecule has 1 rings (SSSR count). The van der Waals surface area contributed by atoms with E-state index in [9.17, 15) is 5.11 Å². The highest BCUT2D eigenvalue weighted by molar-refractivity contribution is 9.10. The summed E-state index contributed by atoms with van der Waals surface area (Å²) in [6, 6.07) is 4.74. The molecule has 4 heteroatoms. The number of phenolic OH excluding ortho intramolecular Hbond substituents is 1. The van der Waals surface area contributed by atoms with Crippen molar-refractivity contribution >= 4 is 28.3 Å². The second-order valence-electron chi connectivity index (χ2n) is 2.47. The molecule has 0 radical (unpaired) electrons. The van der Waals surface area contributed by atoms with Crippen LogP contribution in [0.2, 0.25) is 0 Å². The zero-order valence-corrected chi connectivity index (χ0v) is 9.31. The Labute approximate surface area is 92.0 Å². The topological polar surface area (TPSA) is 46.2 Å². The van der Waals surface area contributed by atoms with E-state index in [4.69, 9.17) is 5.73 Å². The normalized spacial score (nSPS) is 11.5. The molecule has 13 heavy (non-hydrogen) atoms. The summed E-state index contributed by atoms with van der Waals surface area (Å²) in [5.41, 5.74) is 6.54. The Balaban J connectivity index is 0.00000144. The van der Waals surface area contributed by atoms with E-state index in [1.54, 1.807) is 24.3 Å². The standard InChI is InChI=1S/C9H10BrNO.ClH/c1-2-9(11)7-5-6(12)3-4-8(7)10;/h2-5,9,12H,1,11H2;1H/t9-;/m0./s1. The molecule has 0 aliphatic heterocycles. The minimum absolute atomic E-state index is 0. The van der Waals surface area contributed by atoms with Crippen LogP contribution in [-0.4, -0.2) is 5.11 Å². The summed E-state index contributed by atoms with van der Waals surface area (Å²) in [7, 11) is 0. The van der Waals surface area contributed by atoms with Crippen LogP contribution in [0.15, 0.2) is 35.3 Å². The largest absolute Gasteiger partial charge is 0.508 e. The van der Waals surface area contributed by atoms with Crippen molar-refractivity contribution in [3.05, 3.63) is 40.9 Å². The molecule has 0 aliphatic rings. The molecule has 0 bridgehead atoms. The molecule has 0 aliphatic carbocycles. The number of hydrogen-bond donors (Lipinski definition) is 2. The molecule has 0 heterocycles. The van der Waals surface area contributed by atoms with E-state index in [2.05, 4.69) is 22.5 Å². The van der Waals surface area contributed by atoms with E-state index < -0.39 is 0 Å². The molecule has 0 fully saturated rings. The maximum Gasteiger partial charge on any atom is 0.116 e. The molecule has 0 amide bonds. The van der Waals surface area contributed by atoms with Gasteiger partial charge in [0.15, 0.2) is 0 Å². The molecule has 0 spiro atoms. The third-order valence-corrected chi connectivity index (χ3v) is 2.31. The van der Waals surface area contributed by atoms with Crippen LogP contribution in [0, 0.1) is 0 Å². The van der Waals surface area contributed by atoms with Crippen LogP contribution in [0.1, 0.15) is 11.6 Å². The second-order valence-corrected chi connectivity index (χ2v) is 3.32. The van der Waals surface area contributed by atoms with Gasteiger partial charge in [-0.05, 0) is 23.8 Å². The molecule has 0 saturated heterocycles. The second kappa shape index (κ2) is 5.27. The Morgan fingerprint density at radius 2 is 2.15 bits per heavy atom. The molecule has 0 saturated carbocycles. The van der Waals surface area contributed by atoms with Crippen molar-refractivity contribution in [1.82, 2.24) is 0 Å². The van der Waals surface area contributed by atoms with Crippen LogP contribution in [0.3, 0.4) is 0 Å². The molecule has 3 N–H and O–H groups in total. The number of halogens is 2. The van der Waals surface area contributed by atoms with Crippen molar-refractivity contribution in [2.24, 2.45) is 5.73 Å². The van der Waals surface area contributed by atoms with Crippen LogP contribution >= 0.6 is 28.3 Å². The van der Waals surface area contributed by atoms with E-state index in [-0.39, 0.29) is 24.2 Å². The minimum Gasteiger partial charge on any atom is -0.508 e. The lowest BCUT2D eigenvalue weighted by Gasteiger charge is -2.08. The highest BCUT2D eigenvalue weighted by Gasteiger charge is 2.06. The summed E-state index contributed by atoms with van der Waals surface area (Å²) in [5.74, 6) is 0.213. The molecule has 1 aromatic carbocycles. The van der Waals surface area contributed by atoms with Crippen LogP contribution < -0.4 is 5.73 Å². The van der Waals surface area contributed by atoms with Crippen molar-refractivity contribution in [2.45, 2.75) is 6.04 Å². The summed E-state index contributed by atoms with van der Waals surface area (Å²) in [4.78, 5) is 0. The van der Waals surface area contributed by atoms with Gasteiger partial charge in [0.25, 0.3) is 0 Å². The predicted molar refractivity (Wildman–Crippen MR) is 60.2 cm³/mol. The maximum atomic E-state index is 9.17. The Hall–Kier alpha value is -0.510. The highest BCUT2D eigenvalue weighted by atomic mass is 79.9. The lowest BCUT2D eigenvalue weighted by Crippen LogP contribution is -2.06. The maximum absolute atomic E-state index is 9.17. The predicted octanol–water partition coefficient (Wildman–Crippen LogP) is 2.76. The fraction of sp³-hybridized carbons (Fsp3) is 0.111. The summed E-state index contributed by atoms with van der Waals surface area (Å²) in [5, 5.41) is 9.17. The molecular weight excluding hydrogens is 253 g/mol. The van der Waals surface area contributed by atoms with Crippen LogP contribution in [0.25, 0.3) is 0 Å². The minimum atomic E-state index is -0.244. The van der Waals surface area contributed by atoms with Gasteiger partial charge >= 0.3 is 0 Å². The monoisotopic (exact) mass is 263 g/mol. The van der Waals surface area contributed by atoms with Crippen LogP contribution in [-0.2, 0) is 0 Å². The van der Waals surface area contributed by atoms with Gasteiger partial charge in [-0.25, -0.2) is 0 Å². The Kier molecular flexibility index (Phi) is 5.06. The smallest absolute Gasteiger partial charge is 0.116 e. The zero-order valence-electron chi connectivity index (χ0n) is 6.90. The molecule has 2 nitrogen and oxygen atoms in total. The van der Waals surface area contributed by atoms with Gasteiger partial charge in [-0.2, -0.15) is 0 Å². The van der Waals surface area contributed by atoms with Gasteiger partial charge in [0.05, 0.1) is 0 Å². The van der Waals surface area contributed by atoms with Gasteiger partial charge in [-0.1, -0.05) is 22.0 Å². The van der Waals surface area contributed by atoms with E-state index in [0.29, 0.717) is 0 Å². The summed E-state index contributed by atoms with van der Waals surface area (Å²) < 4.78 is 0.882. The first-order valence-electron chi connectivity index (χ1n) is 3.51. The lowest BCUT2D eigenvalue weighted by atomic mass is 10.1. The molecule has 72 valence electrons. The molecule has 1 atom stereocenters. The number of aromatic hydroxyl groups is 1. The first-order valence-corrected chi connectivity index (χ1v) is 4.31. The van der Waals surface area contributed by atoms with E-state index >= 15 is 0 Å².